The van der Waals surface area contributed by atoms with Crippen molar-refractivity contribution in [2.24, 2.45) is 0 Å². The Morgan fingerprint density at radius 1 is 0.971 bits per heavy atom. The van der Waals surface area contributed by atoms with Crippen molar-refractivity contribution in [3.05, 3.63) is 108 Å². The van der Waals surface area contributed by atoms with Gasteiger partial charge in [-0.15, -0.1) is 0 Å². The zero-order valence-corrected chi connectivity index (χ0v) is 19.3. The number of carbonyl (C=O) groups is 1. The molecule has 0 bridgehead atoms. The number of nitrogens with one attached hydrogen (secondary N) is 3. The molecule has 0 saturated carbocycles. The Balaban J connectivity index is 1.34. The van der Waals surface area contributed by atoms with Crippen LogP contribution in [0.2, 0.25) is 0 Å². The average molecular weight is 452 g/mol. The molecule has 5 nitrogen and oxygen atoms in total. The summed E-state index contributed by atoms with van der Waals surface area (Å²) in [7, 11) is 0. The second kappa shape index (κ2) is 9.57. The molecule has 2 aromatic heterocycles. The highest BCUT2D eigenvalue weighted by atomic mass is 16.3. The molecule has 0 saturated heterocycles. The van der Waals surface area contributed by atoms with Crippen LogP contribution >= 0.6 is 0 Å². The highest BCUT2D eigenvalue weighted by Crippen LogP contribution is 2.24. The summed E-state index contributed by atoms with van der Waals surface area (Å²) in [6.45, 7) is 3.01. The summed E-state index contributed by atoms with van der Waals surface area (Å²) >= 11 is 0. The minimum absolute atomic E-state index is 0.0233. The van der Waals surface area contributed by atoms with Crippen LogP contribution in [0.4, 0.5) is 0 Å². The molecule has 1 atom stereocenters. The van der Waals surface area contributed by atoms with Gasteiger partial charge in [0.1, 0.15) is 11.3 Å². The molecule has 1 unspecified atom stereocenters. The first-order chi connectivity index (χ1) is 16.6. The fourth-order valence-electron chi connectivity index (χ4n) is 4.45. The quantitative estimate of drug-likeness (QED) is 0.282. The third-order valence-electron chi connectivity index (χ3n) is 6.39. The molecule has 3 N–H and O–H groups in total. The smallest absolute Gasteiger partial charge is 0.240 e. The molecule has 5 heteroatoms. The van der Waals surface area contributed by atoms with Gasteiger partial charge in [0.05, 0.1) is 12.1 Å². The Bertz CT molecular complexity index is 1370. The van der Waals surface area contributed by atoms with Crippen molar-refractivity contribution >= 4 is 27.8 Å². The molecule has 172 valence electrons. The third-order valence-corrected chi connectivity index (χ3v) is 6.39. The lowest BCUT2D eigenvalue weighted by atomic mass is 9.91. The van der Waals surface area contributed by atoms with E-state index < -0.39 is 5.54 Å². The van der Waals surface area contributed by atoms with Gasteiger partial charge in [-0.05, 0) is 42.7 Å². The number of hydrogen-bond acceptors (Lipinski definition) is 3. The summed E-state index contributed by atoms with van der Waals surface area (Å²) in [5.41, 5.74) is 3.41. The van der Waals surface area contributed by atoms with Crippen LogP contribution in [-0.2, 0) is 24.2 Å². The standard InChI is InChI=1S/C29H29N3O2/c1-29(18-23-19-31-26-13-7-6-12-25(23)26,28(33)30-16-15-21-9-3-2-4-10-21)32-20-24-17-22-11-5-8-14-27(22)34-24/h2-14,17,19,31-32H,15-16,18,20H2,1H3,(H,30,33). The van der Waals surface area contributed by atoms with Gasteiger partial charge < -0.3 is 14.7 Å². The van der Waals surface area contributed by atoms with E-state index in [-0.39, 0.29) is 5.91 Å². The number of H-pyrrole nitrogens is 1. The SMILES string of the molecule is CC(Cc1c[nH]c2ccccc12)(NCc1cc2ccccc2o1)C(=O)NCCc1ccccc1. The number of aromatic nitrogens is 1. The molecular weight excluding hydrogens is 422 g/mol. The van der Waals surface area contributed by atoms with Gasteiger partial charge in [-0.2, -0.15) is 0 Å². The van der Waals surface area contributed by atoms with E-state index in [0.29, 0.717) is 19.5 Å². The van der Waals surface area contributed by atoms with Gasteiger partial charge in [0.15, 0.2) is 0 Å². The van der Waals surface area contributed by atoms with Crippen molar-refractivity contribution in [1.29, 1.82) is 0 Å². The fourth-order valence-corrected chi connectivity index (χ4v) is 4.45. The topological polar surface area (TPSA) is 70.1 Å². The van der Waals surface area contributed by atoms with Crippen LogP contribution in [0, 0.1) is 0 Å². The molecular formula is C29H29N3O2. The molecule has 2 heterocycles. The van der Waals surface area contributed by atoms with Crippen LogP contribution in [0.15, 0.2) is 95.5 Å². The summed E-state index contributed by atoms with van der Waals surface area (Å²) in [5, 5.41) is 8.85. The van der Waals surface area contributed by atoms with Crippen molar-refractivity contribution in [3.63, 3.8) is 0 Å². The largest absolute Gasteiger partial charge is 0.460 e. The average Bonchev–Trinajstić information content (AvgIpc) is 3.47. The van der Waals surface area contributed by atoms with E-state index in [1.54, 1.807) is 0 Å². The van der Waals surface area contributed by atoms with E-state index in [1.807, 2.05) is 73.8 Å². The van der Waals surface area contributed by atoms with Crippen molar-refractivity contribution in [2.75, 3.05) is 6.54 Å². The number of benzene rings is 3. The minimum atomic E-state index is -0.819. The van der Waals surface area contributed by atoms with E-state index in [1.165, 1.54) is 5.56 Å². The van der Waals surface area contributed by atoms with Crippen LogP contribution < -0.4 is 10.6 Å². The lowest BCUT2D eigenvalue weighted by molar-refractivity contribution is -0.127. The normalized spacial score (nSPS) is 13.2. The lowest BCUT2D eigenvalue weighted by Crippen LogP contribution is -2.56. The first kappa shape index (κ1) is 22.0. The van der Waals surface area contributed by atoms with E-state index in [0.717, 1.165) is 39.6 Å². The molecule has 34 heavy (non-hydrogen) atoms. The molecule has 1 amide bonds. The van der Waals surface area contributed by atoms with Crippen molar-refractivity contribution in [1.82, 2.24) is 15.6 Å². The Morgan fingerprint density at radius 2 is 1.74 bits per heavy atom. The van der Waals surface area contributed by atoms with Crippen molar-refractivity contribution < 1.29 is 9.21 Å². The Hall–Kier alpha value is -3.83. The second-order valence-corrected chi connectivity index (χ2v) is 8.96. The molecule has 0 fully saturated rings. The predicted molar refractivity (Wildman–Crippen MR) is 137 cm³/mol. The molecule has 5 rings (SSSR count). The molecule has 3 aromatic carbocycles. The van der Waals surface area contributed by atoms with Gasteiger partial charge in [0.25, 0.3) is 0 Å². The van der Waals surface area contributed by atoms with E-state index in [4.69, 9.17) is 4.42 Å². The van der Waals surface area contributed by atoms with Gasteiger partial charge in [-0.1, -0.05) is 66.7 Å². The van der Waals surface area contributed by atoms with Gasteiger partial charge in [-0.3, -0.25) is 10.1 Å². The maximum Gasteiger partial charge on any atom is 0.240 e. The maximum atomic E-state index is 13.5. The molecule has 0 spiro atoms. The second-order valence-electron chi connectivity index (χ2n) is 8.96. The van der Waals surface area contributed by atoms with E-state index >= 15 is 0 Å². The number of furan rings is 1. The van der Waals surface area contributed by atoms with E-state index in [2.05, 4.69) is 39.9 Å². The summed E-state index contributed by atoms with van der Waals surface area (Å²) in [6, 6.07) is 28.4. The van der Waals surface area contributed by atoms with Crippen LogP contribution in [0.25, 0.3) is 21.9 Å². The van der Waals surface area contributed by atoms with Crippen molar-refractivity contribution in [3.8, 4) is 0 Å². The highest BCUT2D eigenvalue weighted by Gasteiger charge is 2.34. The third kappa shape index (κ3) is 4.75. The summed E-state index contributed by atoms with van der Waals surface area (Å²) in [6.07, 6.45) is 3.34. The molecule has 0 radical (unpaired) electrons. The van der Waals surface area contributed by atoms with Crippen LogP contribution in [0.3, 0.4) is 0 Å². The predicted octanol–water partition coefficient (Wildman–Crippen LogP) is 5.36. The Kier molecular flexibility index (Phi) is 6.19. The minimum Gasteiger partial charge on any atom is -0.460 e. The van der Waals surface area contributed by atoms with E-state index in [9.17, 15) is 4.79 Å². The monoisotopic (exact) mass is 451 g/mol. The van der Waals surface area contributed by atoms with Gasteiger partial charge in [0, 0.05) is 35.5 Å². The van der Waals surface area contributed by atoms with Crippen LogP contribution in [0.1, 0.15) is 23.8 Å². The van der Waals surface area contributed by atoms with Crippen LogP contribution in [0.5, 0.6) is 0 Å². The number of rotatable bonds is 9. The number of amides is 1. The number of aromatic amines is 1. The van der Waals surface area contributed by atoms with Gasteiger partial charge in [-0.25, -0.2) is 0 Å². The number of carbonyl (C=O) groups excluding carboxylic acids is 1. The lowest BCUT2D eigenvalue weighted by Gasteiger charge is -2.29. The molecule has 5 aromatic rings. The van der Waals surface area contributed by atoms with Gasteiger partial charge in [0.2, 0.25) is 5.91 Å². The molecule has 0 aliphatic carbocycles. The number of fused-ring (bicyclic) bond motifs is 2. The summed E-state index contributed by atoms with van der Waals surface area (Å²) in [5.74, 6) is 0.785. The van der Waals surface area contributed by atoms with Crippen LogP contribution in [-0.4, -0.2) is 23.0 Å². The first-order valence-electron chi connectivity index (χ1n) is 11.7. The number of hydrogen-bond donors (Lipinski definition) is 3. The molecule has 0 aliphatic heterocycles. The first-order valence-corrected chi connectivity index (χ1v) is 11.7. The Morgan fingerprint density at radius 3 is 2.59 bits per heavy atom. The maximum absolute atomic E-state index is 13.5. The Labute approximate surface area is 199 Å². The van der Waals surface area contributed by atoms with Crippen molar-refractivity contribution in [2.45, 2.75) is 31.8 Å². The zero-order valence-electron chi connectivity index (χ0n) is 19.3. The molecule has 0 aliphatic rings. The highest BCUT2D eigenvalue weighted by molar-refractivity contribution is 5.89. The fraction of sp³-hybridized carbons (Fsp3) is 0.207. The number of para-hydroxylation sites is 2. The van der Waals surface area contributed by atoms with Gasteiger partial charge >= 0.3 is 0 Å². The zero-order chi connectivity index (χ0) is 23.4. The summed E-state index contributed by atoms with van der Waals surface area (Å²) < 4.78 is 5.99. The summed E-state index contributed by atoms with van der Waals surface area (Å²) in [4.78, 5) is 16.8.